The van der Waals surface area contributed by atoms with E-state index in [0.29, 0.717) is 5.84 Å². The Morgan fingerprint density at radius 3 is 2.08 bits per heavy atom. The first kappa shape index (κ1) is 26.5. The van der Waals surface area contributed by atoms with Crippen LogP contribution in [0.1, 0.15) is 22.9 Å². The maximum atomic E-state index is 6.80. The van der Waals surface area contributed by atoms with Crippen LogP contribution in [0.2, 0.25) is 0 Å². The Labute approximate surface area is 281 Å². The fourth-order valence-electron chi connectivity index (χ4n) is 8.10. The molecule has 8 aromatic carbocycles. The molecule has 0 amide bonds. The van der Waals surface area contributed by atoms with Crippen LogP contribution in [0.3, 0.4) is 0 Å². The number of rotatable bonds is 3. The minimum Gasteiger partial charge on any atom is -0.455 e. The minimum absolute atomic E-state index is 0.321. The van der Waals surface area contributed by atoms with Gasteiger partial charge in [0.05, 0.1) is 0 Å². The average Bonchev–Trinajstić information content (AvgIpc) is 3.72. The van der Waals surface area contributed by atoms with Gasteiger partial charge in [-0.15, -0.1) is 0 Å². The van der Waals surface area contributed by atoms with Crippen LogP contribution in [-0.4, -0.2) is 11.7 Å². The molecule has 49 heavy (non-hydrogen) atoms. The van der Waals surface area contributed by atoms with Gasteiger partial charge in [0.1, 0.15) is 23.2 Å². The van der Waals surface area contributed by atoms with E-state index in [1.165, 1.54) is 43.6 Å². The summed E-state index contributed by atoms with van der Waals surface area (Å²) in [7, 11) is 0. The Morgan fingerprint density at radius 2 is 1.20 bits per heavy atom. The third kappa shape index (κ3) is 3.80. The first-order valence-electron chi connectivity index (χ1n) is 16.7. The van der Waals surface area contributed by atoms with E-state index < -0.39 is 0 Å². The zero-order valence-electron chi connectivity index (χ0n) is 26.3. The first-order valence-corrected chi connectivity index (χ1v) is 16.7. The summed E-state index contributed by atoms with van der Waals surface area (Å²) in [5, 5.41) is 13.1. The Morgan fingerprint density at radius 1 is 0.490 bits per heavy atom. The largest absolute Gasteiger partial charge is 0.455 e. The standard InChI is InChI=1S/C45H27N3O/c1-2-11-27(12-3-1)43-46-44(48-45(47-43)37-25-28-13-4-5-16-29(28)30-17-6-7-18-31(30)37)36-21-10-22-38-40(36)35-24-23-33-32-19-8-14-26-15-9-20-34(39(26)32)41(33)42(35)49-38/h1-25,43H,(H,46,47,48). The third-order valence-corrected chi connectivity index (χ3v) is 10.3. The summed E-state index contributed by atoms with van der Waals surface area (Å²) >= 11 is 0. The van der Waals surface area contributed by atoms with Crippen molar-refractivity contribution in [3.63, 3.8) is 0 Å². The Hall–Kier alpha value is -6.52. The molecule has 1 aliphatic carbocycles. The van der Waals surface area contributed by atoms with Crippen molar-refractivity contribution in [2.24, 2.45) is 9.98 Å². The molecule has 4 nitrogen and oxygen atoms in total. The number of benzene rings is 8. The quantitative estimate of drug-likeness (QED) is 0.199. The molecule has 1 aliphatic heterocycles. The number of nitrogens with zero attached hydrogens (tertiary/aromatic N) is 2. The molecule has 2 aliphatic rings. The number of hydrogen-bond acceptors (Lipinski definition) is 4. The van der Waals surface area contributed by atoms with Crippen molar-refractivity contribution in [2.75, 3.05) is 0 Å². The van der Waals surface area contributed by atoms with Crippen LogP contribution in [0.25, 0.3) is 76.5 Å². The fraction of sp³-hybridized carbons (Fsp3) is 0.0222. The smallest absolute Gasteiger partial charge is 0.160 e. The van der Waals surface area contributed by atoms with E-state index in [9.17, 15) is 0 Å². The molecule has 1 aromatic heterocycles. The molecular formula is C45H27N3O. The number of hydrogen-bond donors (Lipinski definition) is 1. The van der Waals surface area contributed by atoms with E-state index in [1.807, 2.05) is 6.07 Å². The summed E-state index contributed by atoms with van der Waals surface area (Å²) in [5.74, 6) is 1.48. The van der Waals surface area contributed by atoms with Gasteiger partial charge in [-0.1, -0.05) is 133 Å². The lowest BCUT2D eigenvalue weighted by atomic mass is 9.96. The number of furan rings is 1. The summed E-state index contributed by atoms with van der Waals surface area (Å²) in [6.07, 6.45) is -0.321. The van der Waals surface area contributed by atoms with E-state index in [4.69, 9.17) is 14.4 Å². The molecule has 1 N–H and O–H groups in total. The van der Waals surface area contributed by atoms with Crippen molar-refractivity contribution < 1.29 is 4.42 Å². The van der Waals surface area contributed by atoms with Crippen molar-refractivity contribution >= 4 is 65.9 Å². The SMILES string of the molecule is c1ccc(C2N=C(c3cccc4oc5c6c(ccc5c34)-c3cccc4cccc-6c34)N=C(c3cc4ccccc4c4ccccc34)N2)cc1. The van der Waals surface area contributed by atoms with Gasteiger partial charge in [0.25, 0.3) is 0 Å². The first-order chi connectivity index (χ1) is 24.3. The summed E-state index contributed by atoms with van der Waals surface area (Å²) in [5.41, 5.74) is 9.67. The molecule has 0 spiro atoms. The van der Waals surface area contributed by atoms with Crippen molar-refractivity contribution in [2.45, 2.75) is 6.17 Å². The van der Waals surface area contributed by atoms with E-state index in [-0.39, 0.29) is 6.17 Å². The predicted molar refractivity (Wildman–Crippen MR) is 203 cm³/mol. The van der Waals surface area contributed by atoms with Gasteiger partial charge in [0, 0.05) is 27.5 Å². The second-order valence-corrected chi connectivity index (χ2v) is 12.9. The third-order valence-electron chi connectivity index (χ3n) is 10.3. The predicted octanol–water partition coefficient (Wildman–Crippen LogP) is 11.2. The van der Waals surface area contributed by atoms with Gasteiger partial charge in [-0.3, -0.25) is 0 Å². The van der Waals surface area contributed by atoms with Crippen molar-refractivity contribution in [1.82, 2.24) is 5.32 Å². The van der Waals surface area contributed by atoms with E-state index in [0.717, 1.165) is 55.4 Å². The highest BCUT2D eigenvalue weighted by atomic mass is 16.3. The molecule has 4 heteroatoms. The number of nitrogens with one attached hydrogen (secondary N) is 1. The van der Waals surface area contributed by atoms with Gasteiger partial charge < -0.3 is 9.73 Å². The van der Waals surface area contributed by atoms with Crippen LogP contribution < -0.4 is 5.32 Å². The average molecular weight is 626 g/mol. The maximum Gasteiger partial charge on any atom is 0.160 e. The van der Waals surface area contributed by atoms with Gasteiger partial charge in [-0.05, 0) is 72.8 Å². The zero-order chi connectivity index (χ0) is 32.1. The van der Waals surface area contributed by atoms with Gasteiger partial charge in [0.2, 0.25) is 0 Å². The van der Waals surface area contributed by atoms with Crippen molar-refractivity contribution in [1.29, 1.82) is 0 Å². The normalized spacial score (nSPS) is 15.1. The van der Waals surface area contributed by atoms with Gasteiger partial charge >= 0.3 is 0 Å². The molecule has 228 valence electrons. The Kier molecular flexibility index (Phi) is 5.41. The molecule has 0 saturated heterocycles. The Balaban J connectivity index is 1.16. The van der Waals surface area contributed by atoms with Crippen LogP contribution >= 0.6 is 0 Å². The molecule has 2 heterocycles. The topological polar surface area (TPSA) is 49.9 Å². The van der Waals surface area contributed by atoms with Crippen LogP contribution in [0.5, 0.6) is 0 Å². The number of amidine groups is 2. The zero-order valence-corrected chi connectivity index (χ0v) is 26.3. The molecule has 0 bridgehead atoms. The lowest BCUT2D eigenvalue weighted by Gasteiger charge is -2.25. The maximum absolute atomic E-state index is 6.80. The molecule has 1 atom stereocenters. The fourth-order valence-corrected chi connectivity index (χ4v) is 8.10. The van der Waals surface area contributed by atoms with Crippen molar-refractivity contribution in [3.05, 3.63) is 168 Å². The van der Waals surface area contributed by atoms with Crippen LogP contribution in [0, 0.1) is 0 Å². The number of fused-ring (bicyclic) bond motifs is 10. The lowest BCUT2D eigenvalue weighted by molar-refractivity contribution is 0.669. The summed E-state index contributed by atoms with van der Waals surface area (Å²) in [6.45, 7) is 0. The highest BCUT2D eigenvalue weighted by Gasteiger charge is 2.28. The molecule has 9 aromatic rings. The summed E-state index contributed by atoms with van der Waals surface area (Å²) in [6, 6.07) is 53.6. The minimum atomic E-state index is -0.321. The second-order valence-electron chi connectivity index (χ2n) is 12.9. The number of aliphatic imine (C=N–C) groups is 2. The monoisotopic (exact) mass is 625 g/mol. The highest BCUT2D eigenvalue weighted by Crippen LogP contribution is 2.51. The molecule has 0 saturated carbocycles. The lowest BCUT2D eigenvalue weighted by Crippen LogP contribution is -2.33. The van der Waals surface area contributed by atoms with Crippen molar-refractivity contribution in [3.8, 4) is 22.3 Å². The molecule has 0 fully saturated rings. The van der Waals surface area contributed by atoms with Crippen LogP contribution in [-0.2, 0) is 0 Å². The second kappa shape index (κ2) is 9.99. The van der Waals surface area contributed by atoms with Gasteiger partial charge in [0.15, 0.2) is 5.84 Å². The Bertz CT molecular complexity index is 2910. The van der Waals surface area contributed by atoms with E-state index >= 15 is 0 Å². The van der Waals surface area contributed by atoms with Crippen LogP contribution in [0.15, 0.2) is 166 Å². The summed E-state index contributed by atoms with van der Waals surface area (Å²) in [4.78, 5) is 10.6. The van der Waals surface area contributed by atoms with Gasteiger partial charge in [-0.25, -0.2) is 9.98 Å². The van der Waals surface area contributed by atoms with E-state index in [1.54, 1.807) is 0 Å². The van der Waals surface area contributed by atoms with Crippen LogP contribution in [0.4, 0.5) is 0 Å². The van der Waals surface area contributed by atoms with E-state index in [2.05, 4.69) is 151 Å². The molecular weight excluding hydrogens is 599 g/mol. The van der Waals surface area contributed by atoms with Gasteiger partial charge in [-0.2, -0.15) is 0 Å². The molecule has 1 unspecified atom stereocenters. The highest BCUT2D eigenvalue weighted by molar-refractivity contribution is 6.28. The summed E-state index contributed by atoms with van der Waals surface area (Å²) < 4.78 is 6.80. The molecule has 0 radical (unpaired) electrons. The molecule has 11 rings (SSSR count).